The minimum Gasteiger partial charge on any atom is -0.333 e. The summed E-state index contributed by atoms with van der Waals surface area (Å²) in [7, 11) is 1.58. The van der Waals surface area contributed by atoms with Crippen LogP contribution >= 0.6 is 0 Å². The highest BCUT2D eigenvalue weighted by Crippen LogP contribution is 2.30. The number of rotatable bonds is 3. The van der Waals surface area contributed by atoms with E-state index in [2.05, 4.69) is 16.9 Å². The highest BCUT2D eigenvalue weighted by molar-refractivity contribution is 5.92. The molecular formula is C16H24N4O2. The summed E-state index contributed by atoms with van der Waals surface area (Å²) in [6.07, 6.45) is 4.51. The first-order chi connectivity index (χ1) is 10.6. The maximum Gasteiger partial charge on any atom is 0.274 e. The molecule has 2 aliphatic heterocycles. The zero-order valence-electron chi connectivity index (χ0n) is 13.4. The van der Waals surface area contributed by atoms with Crippen LogP contribution in [0.5, 0.6) is 0 Å². The smallest absolute Gasteiger partial charge is 0.274 e. The molecule has 0 unspecified atom stereocenters. The van der Waals surface area contributed by atoms with Gasteiger partial charge in [-0.25, -0.2) is 4.68 Å². The Labute approximate surface area is 130 Å². The fraction of sp³-hybridized carbons (Fsp3) is 0.688. The van der Waals surface area contributed by atoms with Crippen LogP contribution in [0.25, 0.3) is 0 Å². The van der Waals surface area contributed by atoms with Gasteiger partial charge in [0.05, 0.1) is 0 Å². The molecule has 0 spiro atoms. The molecule has 0 bridgehead atoms. The molecule has 2 saturated heterocycles. The molecule has 1 aromatic heterocycles. The van der Waals surface area contributed by atoms with Gasteiger partial charge < -0.3 is 4.90 Å². The van der Waals surface area contributed by atoms with Crippen LogP contribution in [0, 0.1) is 0 Å². The van der Waals surface area contributed by atoms with Crippen LogP contribution in [-0.4, -0.2) is 57.2 Å². The van der Waals surface area contributed by atoms with Gasteiger partial charge in [0.25, 0.3) is 11.5 Å². The molecule has 6 nitrogen and oxygen atoms in total. The maximum atomic E-state index is 12.8. The van der Waals surface area contributed by atoms with Gasteiger partial charge in [0.15, 0.2) is 0 Å². The summed E-state index contributed by atoms with van der Waals surface area (Å²) in [5, 5.41) is 4.12. The lowest BCUT2D eigenvalue weighted by atomic mass is 10.0. The molecule has 22 heavy (non-hydrogen) atoms. The summed E-state index contributed by atoms with van der Waals surface area (Å²) in [4.78, 5) is 28.7. The number of aryl methyl sites for hydroxylation is 1. The van der Waals surface area contributed by atoms with E-state index >= 15 is 0 Å². The Kier molecular flexibility index (Phi) is 4.29. The summed E-state index contributed by atoms with van der Waals surface area (Å²) in [5.41, 5.74) is 0.178. The van der Waals surface area contributed by atoms with E-state index < -0.39 is 0 Å². The number of hydrogen-bond acceptors (Lipinski definition) is 4. The van der Waals surface area contributed by atoms with Gasteiger partial charge >= 0.3 is 0 Å². The monoisotopic (exact) mass is 304 g/mol. The van der Waals surface area contributed by atoms with Crippen LogP contribution in [0.3, 0.4) is 0 Å². The van der Waals surface area contributed by atoms with E-state index in [9.17, 15) is 9.59 Å². The lowest BCUT2D eigenvalue weighted by Gasteiger charge is -2.34. The Morgan fingerprint density at radius 1 is 1.23 bits per heavy atom. The second-order valence-corrected chi connectivity index (χ2v) is 6.23. The Bertz CT molecular complexity index is 612. The average Bonchev–Trinajstić information content (AvgIpc) is 3.16. The SMILES string of the molecule is CCN1CCC[C@H]1[C@@H]1CCCN1C(=O)c1ccc(=O)n(C)n1. The molecular weight excluding hydrogens is 280 g/mol. The van der Waals surface area contributed by atoms with Crippen LogP contribution in [0.15, 0.2) is 16.9 Å². The van der Waals surface area contributed by atoms with Crippen molar-refractivity contribution < 1.29 is 4.79 Å². The van der Waals surface area contributed by atoms with Crippen molar-refractivity contribution in [3.8, 4) is 0 Å². The van der Waals surface area contributed by atoms with Gasteiger partial charge in [0.2, 0.25) is 0 Å². The van der Waals surface area contributed by atoms with Crippen molar-refractivity contribution in [2.75, 3.05) is 19.6 Å². The molecule has 3 rings (SSSR count). The van der Waals surface area contributed by atoms with E-state index in [1.54, 1.807) is 13.1 Å². The number of carbonyl (C=O) groups is 1. The Balaban J connectivity index is 1.81. The third-order valence-electron chi connectivity index (χ3n) is 5.00. The average molecular weight is 304 g/mol. The fourth-order valence-corrected chi connectivity index (χ4v) is 3.89. The van der Waals surface area contributed by atoms with Crippen LogP contribution in [0.4, 0.5) is 0 Å². The summed E-state index contributed by atoms with van der Waals surface area (Å²) < 4.78 is 1.23. The molecule has 3 heterocycles. The van der Waals surface area contributed by atoms with E-state index in [4.69, 9.17) is 0 Å². The molecule has 0 saturated carbocycles. The maximum absolute atomic E-state index is 12.8. The largest absolute Gasteiger partial charge is 0.333 e. The molecule has 1 amide bonds. The first kappa shape index (κ1) is 15.2. The number of carbonyl (C=O) groups excluding carboxylic acids is 1. The Hall–Kier alpha value is -1.69. The first-order valence-corrected chi connectivity index (χ1v) is 8.21. The number of amides is 1. The molecule has 0 N–H and O–H groups in total. The van der Waals surface area contributed by atoms with Gasteiger partial charge in [-0.15, -0.1) is 0 Å². The van der Waals surface area contributed by atoms with Crippen LogP contribution in [0.2, 0.25) is 0 Å². The molecule has 120 valence electrons. The summed E-state index contributed by atoms with van der Waals surface area (Å²) in [6, 6.07) is 3.73. The molecule has 0 aliphatic carbocycles. The Morgan fingerprint density at radius 2 is 1.95 bits per heavy atom. The highest BCUT2D eigenvalue weighted by atomic mass is 16.2. The van der Waals surface area contributed by atoms with Crippen molar-refractivity contribution in [2.45, 2.75) is 44.7 Å². The number of nitrogens with zero attached hydrogens (tertiary/aromatic N) is 4. The Morgan fingerprint density at radius 3 is 2.68 bits per heavy atom. The first-order valence-electron chi connectivity index (χ1n) is 8.21. The lowest BCUT2D eigenvalue weighted by molar-refractivity contribution is 0.0641. The minimum atomic E-state index is -0.192. The molecule has 2 atom stereocenters. The van der Waals surface area contributed by atoms with Crippen LogP contribution in [-0.2, 0) is 7.05 Å². The van der Waals surface area contributed by atoms with E-state index in [0.29, 0.717) is 11.7 Å². The van der Waals surface area contributed by atoms with Gasteiger partial charge in [0, 0.05) is 31.7 Å². The zero-order valence-corrected chi connectivity index (χ0v) is 13.4. The number of likely N-dealkylation sites (tertiary alicyclic amines) is 2. The summed E-state index contributed by atoms with van der Waals surface area (Å²) >= 11 is 0. The molecule has 0 radical (unpaired) electrons. The number of aromatic nitrogens is 2. The van der Waals surface area contributed by atoms with Crippen molar-refractivity contribution in [1.82, 2.24) is 19.6 Å². The predicted molar refractivity (Wildman–Crippen MR) is 83.8 cm³/mol. The van der Waals surface area contributed by atoms with Crippen molar-refractivity contribution in [3.63, 3.8) is 0 Å². The van der Waals surface area contributed by atoms with Crippen LogP contribution in [0.1, 0.15) is 43.1 Å². The summed E-state index contributed by atoms with van der Waals surface area (Å²) in [6.45, 7) is 5.16. The normalized spacial score (nSPS) is 25.8. The molecule has 2 aliphatic rings. The van der Waals surface area contributed by atoms with Gasteiger partial charge in [-0.05, 0) is 44.8 Å². The second kappa shape index (κ2) is 6.20. The van der Waals surface area contributed by atoms with E-state index in [0.717, 1.165) is 32.5 Å². The molecule has 0 aromatic carbocycles. The second-order valence-electron chi connectivity index (χ2n) is 6.23. The van der Waals surface area contributed by atoms with Crippen molar-refractivity contribution in [2.24, 2.45) is 7.05 Å². The quantitative estimate of drug-likeness (QED) is 0.831. The number of hydrogen-bond donors (Lipinski definition) is 0. The molecule has 6 heteroatoms. The number of likely N-dealkylation sites (N-methyl/N-ethyl adjacent to an activating group) is 1. The third-order valence-corrected chi connectivity index (χ3v) is 5.00. The topological polar surface area (TPSA) is 58.4 Å². The molecule has 1 aromatic rings. The summed E-state index contributed by atoms with van der Waals surface area (Å²) in [5.74, 6) is -0.0407. The van der Waals surface area contributed by atoms with Gasteiger partial charge in [0.1, 0.15) is 5.69 Å². The predicted octanol–water partition coefficient (Wildman–Crippen LogP) is 0.869. The highest BCUT2D eigenvalue weighted by Gasteiger charge is 2.39. The van der Waals surface area contributed by atoms with Gasteiger partial charge in [-0.3, -0.25) is 14.5 Å². The standard InChI is InChI=1S/C16H24N4O2/c1-3-19-10-4-6-13(19)14-7-5-11-20(14)16(22)12-8-9-15(21)18(2)17-12/h8-9,13-14H,3-7,10-11H2,1-2H3/t13-,14-/m0/s1. The van der Waals surface area contributed by atoms with E-state index in [-0.39, 0.29) is 17.5 Å². The molecule has 2 fully saturated rings. The zero-order chi connectivity index (χ0) is 15.7. The van der Waals surface area contributed by atoms with Gasteiger partial charge in [-0.1, -0.05) is 6.92 Å². The van der Waals surface area contributed by atoms with Crippen molar-refractivity contribution in [1.29, 1.82) is 0 Å². The van der Waals surface area contributed by atoms with Crippen molar-refractivity contribution in [3.05, 3.63) is 28.2 Å². The lowest BCUT2D eigenvalue weighted by Crippen LogP contribution is -2.48. The van der Waals surface area contributed by atoms with Crippen molar-refractivity contribution >= 4 is 5.91 Å². The van der Waals surface area contributed by atoms with Gasteiger partial charge in [-0.2, -0.15) is 5.10 Å². The fourth-order valence-electron chi connectivity index (χ4n) is 3.89. The minimum absolute atomic E-state index is 0.0407. The third kappa shape index (κ3) is 2.67. The van der Waals surface area contributed by atoms with Crippen LogP contribution < -0.4 is 5.56 Å². The van der Waals surface area contributed by atoms with E-state index in [1.165, 1.54) is 23.6 Å². The van der Waals surface area contributed by atoms with E-state index in [1.807, 2.05) is 4.90 Å².